The van der Waals surface area contributed by atoms with Crippen molar-refractivity contribution in [2.45, 2.75) is 19.4 Å². The Kier molecular flexibility index (Phi) is 3.17. The van der Waals surface area contributed by atoms with Gasteiger partial charge in [0.2, 0.25) is 5.95 Å². The van der Waals surface area contributed by atoms with E-state index in [2.05, 4.69) is 15.4 Å². The molecule has 0 aliphatic carbocycles. The molecule has 0 saturated heterocycles. The zero-order chi connectivity index (χ0) is 14.1. The van der Waals surface area contributed by atoms with Gasteiger partial charge in [-0.3, -0.25) is 4.68 Å². The lowest BCUT2D eigenvalue weighted by Gasteiger charge is -2.24. The van der Waals surface area contributed by atoms with Crippen LogP contribution in [0.3, 0.4) is 0 Å². The Balaban J connectivity index is 1.94. The molecule has 0 saturated carbocycles. The van der Waals surface area contributed by atoms with Crippen molar-refractivity contribution in [3.8, 4) is 0 Å². The van der Waals surface area contributed by atoms with Crippen molar-refractivity contribution in [1.29, 1.82) is 0 Å². The zero-order valence-corrected chi connectivity index (χ0v) is 11.5. The molecule has 0 fully saturated rings. The van der Waals surface area contributed by atoms with Crippen LogP contribution in [0.15, 0.2) is 18.6 Å². The van der Waals surface area contributed by atoms with Gasteiger partial charge in [-0.2, -0.15) is 5.10 Å². The van der Waals surface area contributed by atoms with Gasteiger partial charge in [0.05, 0.1) is 18.8 Å². The Bertz CT molecular complexity index is 630. The molecule has 1 aliphatic heterocycles. The Morgan fingerprint density at radius 1 is 1.55 bits per heavy atom. The van der Waals surface area contributed by atoms with E-state index in [1.165, 1.54) is 0 Å². The van der Waals surface area contributed by atoms with E-state index in [1.807, 2.05) is 24.0 Å². The van der Waals surface area contributed by atoms with Crippen molar-refractivity contribution in [3.63, 3.8) is 0 Å². The van der Waals surface area contributed by atoms with Crippen LogP contribution in [0.25, 0.3) is 0 Å². The molecule has 7 heteroatoms. The highest BCUT2D eigenvalue weighted by Crippen LogP contribution is 2.29. The molecule has 7 nitrogen and oxygen atoms in total. The lowest BCUT2D eigenvalue weighted by molar-refractivity contribution is 0.0520. The van der Waals surface area contributed by atoms with Crippen LogP contribution in [0, 0.1) is 0 Å². The predicted molar refractivity (Wildman–Crippen MR) is 72.6 cm³/mol. The molecular formula is C13H17N5O2. The number of rotatable bonds is 3. The first-order chi connectivity index (χ1) is 9.69. The van der Waals surface area contributed by atoms with E-state index in [9.17, 15) is 4.79 Å². The van der Waals surface area contributed by atoms with Gasteiger partial charge in [-0.25, -0.2) is 9.78 Å². The Hall–Kier alpha value is -2.31. The van der Waals surface area contributed by atoms with E-state index in [0.29, 0.717) is 18.2 Å². The van der Waals surface area contributed by atoms with Crippen molar-refractivity contribution in [3.05, 3.63) is 29.8 Å². The van der Waals surface area contributed by atoms with E-state index < -0.39 is 0 Å². The first kappa shape index (κ1) is 12.7. The van der Waals surface area contributed by atoms with E-state index in [-0.39, 0.29) is 12.0 Å². The molecule has 0 radical (unpaired) electrons. The van der Waals surface area contributed by atoms with Gasteiger partial charge in [-0.1, -0.05) is 0 Å². The minimum absolute atomic E-state index is 0.149. The van der Waals surface area contributed by atoms with Crippen LogP contribution in [-0.4, -0.2) is 38.5 Å². The number of anilines is 1. The first-order valence-corrected chi connectivity index (χ1v) is 6.67. The quantitative estimate of drug-likeness (QED) is 0.852. The van der Waals surface area contributed by atoms with Crippen molar-refractivity contribution in [2.24, 2.45) is 7.05 Å². The largest absolute Gasteiger partial charge is 0.461 e. The molecule has 0 bridgehead atoms. The summed E-state index contributed by atoms with van der Waals surface area (Å²) in [4.78, 5) is 16.1. The predicted octanol–water partition coefficient (Wildman–Crippen LogP) is 1.20. The van der Waals surface area contributed by atoms with Gasteiger partial charge in [0, 0.05) is 31.5 Å². The van der Waals surface area contributed by atoms with Crippen LogP contribution in [0.5, 0.6) is 0 Å². The van der Waals surface area contributed by atoms with E-state index in [1.54, 1.807) is 17.8 Å². The second-order valence-electron chi connectivity index (χ2n) is 4.76. The lowest BCUT2D eigenvalue weighted by Crippen LogP contribution is -2.23. The summed E-state index contributed by atoms with van der Waals surface area (Å²) < 4.78 is 8.75. The molecular weight excluding hydrogens is 258 g/mol. The molecule has 1 unspecified atom stereocenters. The minimum Gasteiger partial charge on any atom is -0.461 e. The summed E-state index contributed by atoms with van der Waals surface area (Å²) in [5, 5.41) is 7.41. The summed E-state index contributed by atoms with van der Waals surface area (Å²) in [6, 6.07) is 0.149. The van der Waals surface area contributed by atoms with Crippen LogP contribution in [-0.2, 0) is 11.8 Å². The summed E-state index contributed by atoms with van der Waals surface area (Å²) in [6.45, 7) is 2.95. The van der Waals surface area contributed by atoms with Crippen LogP contribution in [0.1, 0.15) is 35.4 Å². The zero-order valence-electron chi connectivity index (χ0n) is 11.5. The van der Waals surface area contributed by atoms with Crippen LogP contribution >= 0.6 is 0 Å². The number of ether oxygens (including phenoxy) is 1. The number of esters is 1. The number of nitrogens with zero attached hydrogens (tertiary/aromatic N) is 4. The maximum atomic E-state index is 11.8. The minimum atomic E-state index is -0.388. The van der Waals surface area contributed by atoms with Crippen LogP contribution < -0.4 is 5.32 Å². The topological polar surface area (TPSA) is 74.0 Å². The second kappa shape index (κ2) is 4.99. The average molecular weight is 275 g/mol. The number of nitrogens with one attached hydrogen (secondary N) is 1. The SMILES string of the molecule is CCOC(=O)c1cn2c(n1)NCCC2c1cnn(C)c1. The fraction of sp³-hybridized carbons (Fsp3) is 0.462. The van der Waals surface area contributed by atoms with Gasteiger partial charge >= 0.3 is 5.97 Å². The third kappa shape index (κ3) is 2.15. The number of hydrogen-bond acceptors (Lipinski definition) is 5. The summed E-state index contributed by atoms with van der Waals surface area (Å²) in [6.07, 6.45) is 6.52. The normalized spacial score (nSPS) is 17.4. The Morgan fingerprint density at radius 2 is 2.40 bits per heavy atom. The molecule has 0 aromatic carbocycles. The van der Waals surface area contributed by atoms with Crippen molar-refractivity contribution in [1.82, 2.24) is 19.3 Å². The summed E-state index contributed by atoms with van der Waals surface area (Å²) >= 11 is 0. The molecule has 0 spiro atoms. The number of fused-ring (bicyclic) bond motifs is 1. The molecule has 20 heavy (non-hydrogen) atoms. The molecule has 1 aliphatic rings. The molecule has 3 heterocycles. The number of aryl methyl sites for hydroxylation is 1. The maximum absolute atomic E-state index is 11.8. The highest BCUT2D eigenvalue weighted by molar-refractivity contribution is 5.87. The average Bonchev–Trinajstić information content (AvgIpc) is 3.04. The summed E-state index contributed by atoms with van der Waals surface area (Å²) in [7, 11) is 1.89. The van der Waals surface area contributed by atoms with Crippen LogP contribution in [0.2, 0.25) is 0 Å². The monoisotopic (exact) mass is 275 g/mol. The number of hydrogen-bond donors (Lipinski definition) is 1. The molecule has 2 aromatic rings. The highest BCUT2D eigenvalue weighted by atomic mass is 16.5. The number of imidazole rings is 1. The Morgan fingerprint density at radius 3 is 3.10 bits per heavy atom. The van der Waals surface area contributed by atoms with Gasteiger partial charge in [0.1, 0.15) is 0 Å². The molecule has 1 atom stereocenters. The van der Waals surface area contributed by atoms with Crippen molar-refractivity contribution < 1.29 is 9.53 Å². The Labute approximate surface area is 116 Å². The number of aromatic nitrogens is 4. The molecule has 106 valence electrons. The molecule has 2 aromatic heterocycles. The van der Waals surface area contributed by atoms with Crippen molar-refractivity contribution in [2.75, 3.05) is 18.5 Å². The van der Waals surface area contributed by atoms with Gasteiger partial charge in [0.25, 0.3) is 0 Å². The molecule has 1 N–H and O–H groups in total. The van der Waals surface area contributed by atoms with Gasteiger partial charge in [-0.05, 0) is 13.3 Å². The van der Waals surface area contributed by atoms with Gasteiger partial charge in [0.15, 0.2) is 5.69 Å². The summed E-state index contributed by atoms with van der Waals surface area (Å²) in [5.74, 6) is 0.314. The van der Waals surface area contributed by atoms with E-state index in [0.717, 1.165) is 18.5 Å². The standard InChI is InChI=1S/C13H17N5O2/c1-3-20-12(19)10-8-18-11(4-5-14-13(18)16-10)9-6-15-17(2)7-9/h6-8,11H,3-5H2,1-2H3,(H,14,16). The summed E-state index contributed by atoms with van der Waals surface area (Å²) in [5.41, 5.74) is 1.45. The fourth-order valence-electron chi connectivity index (χ4n) is 2.46. The van der Waals surface area contributed by atoms with E-state index >= 15 is 0 Å². The third-order valence-electron chi connectivity index (χ3n) is 3.36. The molecule has 3 rings (SSSR count). The fourth-order valence-corrected chi connectivity index (χ4v) is 2.46. The molecule has 0 amide bonds. The van der Waals surface area contributed by atoms with Crippen LogP contribution in [0.4, 0.5) is 5.95 Å². The second-order valence-corrected chi connectivity index (χ2v) is 4.76. The smallest absolute Gasteiger partial charge is 0.358 e. The first-order valence-electron chi connectivity index (χ1n) is 6.67. The van der Waals surface area contributed by atoms with Gasteiger partial charge in [-0.15, -0.1) is 0 Å². The highest BCUT2D eigenvalue weighted by Gasteiger charge is 2.25. The third-order valence-corrected chi connectivity index (χ3v) is 3.36. The van der Waals surface area contributed by atoms with Gasteiger partial charge < -0.3 is 14.6 Å². The lowest BCUT2D eigenvalue weighted by atomic mass is 10.1. The number of carbonyl (C=O) groups is 1. The number of carbonyl (C=O) groups excluding carboxylic acids is 1. The maximum Gasteiger partial charge on any atom is 0.358 e. The van der Waals surface area contributed by atoms with E-state index in [4.69, 9.17) is 4.74 Å². The van der Waals surface area contributed by atoms with Crippen molar-refractivity contribution >= 4 is 11.9 Å².